The highest BCUT2D eigenvalue weighted by Gasteiger charge is 2.24. The van der Waals surface area contributed by atoms with Crippen molar-refractivity contribution in [3.05, 3.63) is 60.3 Å². The first-order valence-corrected chi connectivity index (χ1v) is 9.29. The maximum absolute atomic E-state index is 13.2. The van der Waals surface area contributed by atoms with Crippen LogP contribution in [-0.2, 0) is 0 Å². The van der Waals surface area contributed by atoms with E-state index in [1.807, 2.05) is 18.2 Å². The Morgan fingerprint density at radius 2 is 2.15 bits per heavy atom. The second-order valence-corrected chi connectivity index (χ2v) is 7.28. The van der Waals surface area contributed by atoms with Crippen molar-refractivity contribution < 1.29 is 13.9 Å². The van der Waals surface area contributed by atoms with E-state index in [2.05, 4.69) is 21.4 Å². The molecule has 0 aliphatic heterocycles. The van der Waals surface area contributed by atoms with Gasteiger partial charge in [-0.3, -0.25) is 15.2 Å². The maximum Gasteiger partial charge on any atom is 0.327 e. The van der Waals surface area contributed by atoms with Gasteiger partial charge in [-0.1, -0.05) is 23.5 Å². The molecule has 0 atom stereocenters. The Hall–Kier alpha value is -3.00. The fourth-order valence-corrected chi connectivity index (χ4v) is 3.30. The summed E-state index contributed by atoms with van der Waals surface area (Å²) in [6.45, 7) is 0. The van der Waals surface area contributed by atoms with Gasteiger partial charge in [0.05, 0.1) is 18.6 Å². The number of pyridine rings is 1. The van der Waals surface area contributed by atoms with Gasteiger partial charge in [0.15, 0.2) is 5.13 Å². The zero-order valence-electron chi connectivity index (χ0n) is 14.6. The summed E-state index contributed by atoms with van der Waals surface area (Å²) in [5.41, 5.74) is 2.09. The second-order valence-electron chi connectivity index (χ2n) is 6.28. The third kappa shape index (κ3) is 4.22. The van der Waals surface area contributed by atoms with E-state index in [-0.39, 0.29) is 11.8 Å². The lowest BCUT2D eigenvalue weighted by atomic mass is 10.1. The quantitative estimate of drug-likeness (QED) is 0.671. The predicted molar refractivity (Wildman–Crippen MR) is 102 cm³/mol. The van der Waals surface area contributed by atoms with E-state index in [4.69, 9.17) is 4.74 Å². The molecule has 27 heavy (non-hydrogen) atoms. The number of thiazole rings is 1. The lowest BCUT2D eigenvalue weighted by Crippen LogP contribution is -2.31. The summed E-state index contributed by atoms with van der Waals surface area (Å²) in [4.78, 5) is 21.9. The molecule has 1 fully saturated rings. The molecular weight excluding hydrogens is 367 g/mol. The van der Waals surface area contributed by atoms with Crippen molar-refractivity contribution in [1.29, 1.82) is 0 Å². The fraction of sp³-hybridized carbons (Fsp3) is 0.211. The van der Waals surface area contributed by atoms with Gasteiger partial charge in [0, 0.05) is 18.8 Å². The highest BCUT2D eigenvalue weighted by Crippen LogP contribution is 2.41. The Labute approximate surface area is 159 Å². The third-order valence-electron chi connectivity index (χ3n) is 4.21. The summed E-state index contributed by atoms with van der Waals surface area (Å²) < 4.78 is 18.7. The average Bonchev–Trinajstić information content (AvgIpc) is 3.43. The smallest absolute Gasteiger partial charge is 0.327 e. The first-order valence-electron chi connectivity index (χ1n) is 8.47. The zero-order valence-corrected chi connectivity index (χ0v) is 15.4. The zero-order chi connectivity index (χ0) is 18.8. The van der Waals surface area contributed by atoms with Crippen LogP contribution in [0.1, 0.15) is 24.3 Å². The number of amides is 2. The number of nitrogens with one attached hydrogen (secondary N) is 1. The molecule has 1 aliphatic rings. The van der Waals surface area contributed by atoms with Crippen LogP contribution in [0.15, 0.2) is 48.9 Å². The molecule has 138 valence electrons. The van der Waals surface area contributed by atoms with Crippen LogP contribution >= 0.6 is 11.3 Å². The molecular formula is C19H17FN4O2S. The van der Waals surface area contributed by atoms with Crippen LogP contribution in [0.3, 0.4) is 0 Å². The lowest BCUT2D eigenvalue weighted by Gasteiger charge is -2.18. The van der Waals surface area contributed by atoms with E-state index < -0.39 is 5.82 Å². The molecule has 1 aliphatic carbocycles. The molecule has 1 N–H and O–H groups in total. The highest BCUT2D eigenvalue weighted by atomic mass is 32.1. The van der Waals surface area contributed by atoms with E-state index in [1.165, 1.54) is 36.9 Å². The van der Waals surface area contributed by atoms with Crippen molar-refractivity contribution in [2.75, 3.05) is 17.3 Å². The first-order chi connectivity index (χ1) is 13.1. The number of urea groups is 1. The molecule has 2 heterocycles. The topological polar surface area (TPSA) is 67.4 Å². The Balaban J connectivity index is 1.40. The normalized spacial score (nSPS) is 13.3. The molecule has 3 aromatic rings. The summed E-state index contributed by atoms with van der Waals surface area (Å²) in [5.74, 6) is 0.406. The largest absolute Gasteiger partial charge is 0.443 e. The van der Waals surface area contributed by atoms with Gasteiger partial charge in [-0.05, 0) is 36.5 Å². The average molecular weight is 384 g/mol. The van der Waals surface area contributed by atoms with Gasteiger partial charge in [-0.15, -0.1) is 0 Å². The minimum atomic E-state index is -0.486. The van der Waals surface area contributed by atoms with Crippen molar-refractivity contribution in [3.8, 4) is 10.8 Å². The first kappa shape index (κ1) is 17.4. The SMILES string of the molecule is CN(C(=O)Nc1ncc(Oc2cncc(F)c2)s1)c1cccc(C2CC2)c1. The van der Waals surface area contributed by atoms with E-state index in [0.29, 0.717) is 16.1 Å². The van der Waals surface area contributed by atoms with Gasteiger partial charge in [0.25, 0.3) is 0 Å². The van der Waals surface area contributed by atoms with Gasteiger partial charge in [0.1, 0.15) is 11.6 Å². The molecule has 8 heteroatoms. The summed E-state index contributed by atoms with van der Waals surface area (Å²) in [6.07, 6.45) is 6.39. The standard InChI is InChI=1S/C19H17FN4O2S/c1-24(15-4-2-3-13(7-15)12-5-6-12)19(25)23-18-22-11-17(27-18)26-16-8-14(20)9-21-10-16/h2-4,7-12H,5-6H2,1H3,(H,22,23,25). The molecule has 0 unspecified atom stereocenters. The summed E-state index contributed by atoms with van der Waals surface area (Å²) in [6, 6.07) is 8.94. The molecule has 2 amide bonds. The van der Waals surface area contributed by atoms with E-state index in [1.54, 1.807) is 11.9 Å². The van der Waals surface area contributed by atoms with Crippen LogP contribution in [0.4, 0.5) is 20.0 Å². The number of carbonyl (C=O) groups is 1. The number of hydrogen-bond donors (Lipinski definition) is 1. The predicted octanol–water partition coefficient (Wildman–Crippen LogP) is 5.02. The Bertz CT molecular complexity index is 974. The van der Waals surface area contributed by atoms with Crippen molar-refractivity contribution in [2.45, 2.75) is 18.8 Å². The number of rotatable bonds is 5. The van der Waals surface area contributed by atoms with Crippen molar-refractivity contribution in [1.82, 2.24) is 9.97 Å². The molecule has 0 saturated heterocycles. The Morgan fingerprint density at radius 3 is 2.93 bits per heavy atom. The molecule has 1 aromatic carbocycles. The molecule has 0 bridgehead atoms. The van der Waals surface area contributed by atoms with Crippen molar-refractivity contribution >= 4 is 28.2 Å². The summed E-state index contributed by atoms with van der Waals surface area (Å²) in [5, 5.41) is 3.57. The Morgan fingerprint density at radius 1 is 1.30 bits per heavy atom. The van der Waals surface area contributed by atoms with Crippen LogP contribution in [0.25, 0.3) is 0 Å². The molecule has 0 spiro atoms. The number of benzene rings is 1. The molecule has 2 aromatic heterocycles. The van der Waals surface area contributed by atoms with E-state index in [9.17, 15) is 9.18 Å². The van der Waals surface area contributed by atoms with Gasteiger partial charge in [0.2, 0.25) is 5.06 Å². The van der Waals surface area contributed by atoms with Crippen molar-refractivity contribution in [2.24, 2.45) is 0 Å². The summed E-state index contributed by atoms with van der Waals surface area (Å²) in [7, 11) is 1.71. The van der Waals surface area contributed by atoms with Crippen molar-refractivity contribution in [3.63, 3.8) is 0 Å². The number of aromatic nitrogens is 2. The van der Waals surface area contributed by atoms with Gasteiger partial charge in [-0.25, -0.2) is 14.2 Å². The molecule has 0 radical (unpaired) electrons. The van der Waals surface area contributed by atoms with Gasteiger partial charge >= 0.3 is 6.03 Å². The summed E-state index contributed by atoms with van der Waals surface area (Å²) >= 11 is 1.15. The second kappa shape index (κ2) is 7.32. The number of ether oxygens (including phenoxy) is 1. The maximum atomic E-state index is 13.2. The van der Waals surface area contributed by atoms with Crippen LogP contribution < -0.4 is 15.0 Å². The number of anilines is 2. The van der Waals surface area contributed by atoms with Gasteiger partial charge in [-0.2, -0.15) is 0 Å². The lowest BCUT2D eigenvalue weighted by molar-refractivity contribution is 0.258. The van der Waals surface area contributed by atoms with Crippen LogP contribution in [-0.4, -0.2) is 23.0 Å². The number of hydrogen-bond acceptors (Lipinski definition) is 5. The minimum Gasteiger partial charge on any atom is -0.443 e. The number of carbonyl (C=O) groups excluding carboxylic acids is 1. The fourth-order valence-electron chi connectivity index (χ4n) is 2.63. The van der Waals surface area contributed by atoms with Crippen LogP contribution in [0, 0.1) is 5.82 Å². The molecule has 1 saturated carbocycles. The minimum absolute atomic E-state index is 0.269. The third-order valence-corrected chi connectivity index (χ3v) is 5.00. The highest BCUT2D eigenvalue weighted by molar-refractivity contribution is 7.17. The monoisotopic (exact) mass is 384 g/mol. The Kier molecular flexibility index (Phi) is 4.72. The van der Waals surface area contributed by atoms with Gasteiger partial charge < -0.3 is 4.74 Å². The van der Waals surface area contributed by atoms with E-state index in [0.717, 1.165) is 23.2 Å². The number of nitrogens with zero attached hydrogens (tertiary/aromatic N) is 3. The van der Waals surface area contributed by atoms with Crippen LogP contribution in [0.5, 0.6) is 10.8 Å². The molecule has 4 rings (SSSR count). The number of halogens is 1. The molecule has 6 nitrogen and oxygen atoms in total. The van der Waals surface area contributed by atoms with E-state index >= 15 is 0 Å². The van der Waals surface area contributed by atoms with Crippen LogP contribution in [0.2, 0.25) is 0 Å².